The van der Waals surface area contributed by atoms with Crippen LogP contribution in [0, 0.1) is 13.8 Å². The fraction of sp³-hybridized carbons (Fsp3) is 0.381. The number of benzene rings is 1. The number of aromatic nitrogens is 5. The van der Waals surface area contributed by atoms with Crippen LogP contribution in [0.5, 0.6) is 5.75 Å². The molecule has 28 heavy (non-hydrogen) atoms. The Morgan fingerprint density at radius 1 is 1.07 bits per heavy atom. The van der Waals surface area contributed by atoms with E-state index in [1.807, 2.05) is 24.3 Å². The third kappa shape index (κ3) is 3.11. The van der Waals surface area contributed by atoms with E-state index < -0.39 is 0 Å². The van der Waals surface area contributed by atoms with Crippen molar-refractivity contribution in [1.82, 2.24) is 29.0 Å². The monoisotopic (exact) mass is 378 g/mol. The SMILES string of the molecule is COc1ccc(-c2nc3c4c(C)c(C)n(CCCN(C)C)c4ncn3n2)cc1. The van der Waals surface area contributed by atoms with E-state index in [9.17, 15) is 0 Å². The molecule has 0 aliphatic heterocycles. The predicted molar refractivity (Wildman–Crippen MR) is 111 cm³/mol. The minimum Gasteiger partial charge on any atom is -0.497 e. The summed E-state index contributed by atoms with van der Waals surface area (Å²) < 4.78 is 9.32. The van der Waals surface area contributed by atoms with Crippen molar-refractivity contribution >= 4 is 16.7 Å². The number of rotatable bonds is 6. The largest absolute Gasteiger partial charge is 0.497 e. The van der Waals surface area contributed by atoms with Crippen molar-refractivity contribution in [2.75, 3.05) is 27.7 Å². The Kier molecular flexibility index (Phi) is 4.77. The van der Waals surface area contributed by atoms with Crippen LogP contribution in [0.25, 0.3) is 28.1 Å². The van der Waals surface area contributed by atoms with E-state index in [0.29, 0.717) is 5.82 Å². The van der Waals surface area contributed by atoms with E-state index in [2.05, 4.69) is 42.5 Å². The van der Waals surface area contributed by atoms with Crippen LogP contribution in [-0.2, 0) is 6.54 Å². The summed E-state index contributed by atoms with van der Waals surface area (Å²) in [5.41, 5.74) is 5.24. The van der Waals surface area contributed by atoms with Gasteiger partial charge in [0.1, 0.15) is 17.7 Å². The molecule has 0 radical (unpaired) electrons. The number of nitrogens with zero attached hydrogens (tertiary/aromatic N) is 6. The summed E-state index contributed by atoms with van der Waals surface area (Å²) in [7, 11) is 5.87. The van der Waals surface area contributed by atoms with Crippen LogP contribution >= 0.6 is 0 Å². The lowest BCUT2D eigenvalue weighted by molar-refractivity contribution is 0.387. The first-order chi connectivity index (χ1) is 13.5. The van der Waals surface area contributed by atoms with E-state index in [1.165, 1.54) is 11.3 Å². The highest BCUT2D eigenvalue weighted by molar-refractivity contribution is 5.94. The van der Waals surface area contributed by atoms with Crippen LogP contribution in [0.3, 0.4) is 0 Å². The minimum atomic E-state index is 0.689. The lowest BCUT2D eigenvalue weighted by Crippen LogP contribution is -2.15. The van der Waals surface area contributed by atoms with Gasteiger partial charge in [-0.25, -0.2) is 14.5 Å². The molecule has 146 valence electrons. The minimum absolute atomic E-state index is 0.689. The normalized spacial score (nSPS) is 11.8. The summed E-state index contributed by atoms with van der Waals surface area (Å²) in [4.78, 5) is 11.8. The van der Waals surface area contributed by atoms with E-state index in [-0.39, 0.29) is 0 Å². The molecule has 0 amide bonds. The zero-order valence-corrected chi connectivity index (χ0v) is 17.1. The molecular formula is C21H26N6O. The van der Waals surface area contributed by atoms with Crippen LogP contribution in [-0.4, -0.2) is 56.8 Å². The smallest absolute Gasteiger partial charge is 0.182 e. The molecular weight excluding hydrogens is 352 g/mol. The average molecular weight is 378 g/mol. The third-order valence-corrected chi connectivity index (χ3v) is 5.28. The maximum atomic E-state index is 5.24. The molecule has 3 aromatic heterocycles. The van der Waals surface area contributed by atoms with Crippen molar-refractivity contribution in [2.45, 2.75) is 26.8 Å². The first-order valence-electron chi connectivity index (χ1n) is 9.49. The van der Waals surface area contributed by atoms with Crippen LogP contribution in [0.4, 0.5) is 0 Å². The number of ether oxygens (including phenoxy) is 1. The van der Waals surface area contributed by atoms with Gasteiger partial charge in [-0.05, 0) is 70.7 Å². The second-order valence-electron chi connectivity index (χ2n) is 7.39. The summed E-state index contributed by atoms with van der Waals surface area (Å²) in [5.74, 6) is 1.51. The Balaban J connectivity index is 1.79. The molecule has 0 N–H and O–H groups in total. The van der Waals surface area contributed by atoms with Gasteiger partial charge in [0, 0.05) is 17.8 Å². The molecule has 0 atom stereocenters. The number of hydrogen-bond donors (Lipinski definition) is 0. The molecule has 4 rings (SSSR count). The molecule has 0 aliphatic carbocycles. The van der Waals surface area contributed by atoms with Crippen LogP contribution in [0.15, 0.2) is 30.6 Å². The van der Waals surface area contributed by atoms with E-state index >= 15 is 0 Å². The average Bonchev–Trinajstić information content (AvgIpc) is 3.22. The fourth-order valence-electron chi connectivity index (χ4n) is 3.61. The van der Waals surface area contributed by atoms with Crippen molar-refractivity contribution in [3.8, 4) is 17.1 Å². The van der Waals surface area contributed by atoms with Gasteiger partial charge in [0.05, 0.1) is 12.5 Å². The highest BCUT2D eigenvalue weighted by atomic mass is 16.5. The molecule has 3 heterocycles. The highest BCUT2D eigenvalue weighted by Gasteiger charge is 2.18. The molecule has 0 unspecified atom stereocenters. The molecule has 0 aliphatic rings. The summed E-state index contributed by atoms with van der Waals surface area (Å²) in [6.07, 6.45) is 2.84. The Hall–Kier alpha value is -2.93. The van der Waals surface area contributed by atoms with E-state index in [0.717, 1.165) is 47.5 Å². The van der Waals surface area contributed by atoms with Gasteiger partial charge < -0.3 is 14.2 Å². The maximum Gasteiger partial charge on any atom is 0.182 e. The summed E-state index contributed by atoms with van der Waals surface area (Å²) in [6, 6.07) is 7.79. The maximum absolute atomic E-state index is 5.24. The van der Waals surface area contributed by atoms with Gasteiger partial charge in [-0.1, -0.05) is 0 Å². The zero-order valence-electron chi connectivity index (χ0n) is 17.1. The van der Waals surface area contributed by atoms with Crippen LogP contribution in [0.2, 0.25) is 0 Å². The van der Waals surface area contributed by atoms with Crippen LogP contribution in [0.1, 0.15) is 17.7 Å². The van der Waals surface area contributed by atoms with Crippen molar-refractivity contribution in [3.63, 3.8) is 0 Å². The molecule has 1 aromatic carbocycles. The van der Waals surface area contributed by atoms with E-state index in [4.69, 9.17) is 14.7 Å². The van der Waals surface area contributed by atoms with Crippen molar-refractivity contribution in [3.05, 3.63) is 41.9 Å². The van der Waals surface area contributed by atoms with Gasteiger partial charge >= 0.3 is 0 Å². The molecule has 7 heteroatoms. The third-order valence-electron chi connectivity index (χ3n) is 5.28. The lowest BCUT2D eigenvalue weighted by Gasteiger charge is -2.11. The summed E-state index contributed by atoms with van der Waals surface area (Å²) in [5, 5.41) is 5.72. The lowest BCUT2D eigenvalue weighted by atomic mass is 10.2. The number of hydrogen-bond acceptors (Lipinski definition) is 5. The first-order valence-corrected chi connectivity index (χ1v) is 9.49. The van der Waals surface area contributed by atoms with Crippen molar-refractivity contribution in [2.24, 2.45) is 0 Å². The molecule has 0 fully saturated rings. The second kappa shape index (κ2) is 7.24. The summed E-state index contributed by atoms with van der Waals surface area (Å²) in [6.45, 7) is 6.29. The standard InChI is InChI=1S/C21H26N6O/c1-14-15(2)26(12-6-11-25(3)4)20-18(14)21-23-19(24-27(21)13-22-20)16-7-9-17(28-5)10-8-16/h7-10,13H,6,11-12H2,1-5H3. The second-order valence-corrected chi connectivity index (χ2v) is 7.39. The highest BCUT2D eigenvalue weighted by Crippen LogP contribution is 2.28. The number of aryl methyl sites for hydroxylation is 2. The van der Waals surface area contributed by atoms with Crippen LogP contribution < -0.4 is 4.74 Å². The van der Waals surface area contributed by atoms with Crippen molar-refractivity contribution < 1.29 is 4.74 Å². The number of fused-ring (bicyclic) bond motifs is 3. The van der Waals surface area contributed by atoms with E-state index in [1.54, 1.807) is 18.0 Å². The Morgan fingerprint density at radius 2 is 1.82 bits per heavy atom. The quantitative estimate of drug-likeness (QED) is 0.515. The molecule has 7 nitrogen and oxygen atoms in total. The Bertz CT molecular complexity index is 1120. The van der Waals surface area contributed by atoms with Gasteiger partial charge in [-0.15, -0.1) is 5.10 Å². The Labute approximate surface area is 164 Å². The predicted octanol–water partition coefficient (Wildman–Crippen LogP) is 3.32. The van der Waals surface area contributed by atoms with Gasteiger partial charge in [0.15, 0.2) is 11.5 Å². The molecule has 0 saturated heterocycles. The Morgan fingerprint density at radius 3 is 2.50 bits per heavy atom. The van der Waals surface area contributed by atoms with Gasteiger partial charge in [0.25, 0.3) is 0 Å². The molecule has 0 spiro atoms. The van der Waals surface area contributed by atoms with Gasteiger partial charge in [-0.3, -0.25) is 0 Å². The molecule has 0 saturated carbocycles. The first kappa shape index (κ1) is 18.4. The zero-order chi connectivity index (χ0) is 19.8. The topological polar surface area (TPSA) is 60.5 Å². The fourth-order valence-corrected chi connectivity index (χ4v) is 3.61. The van der Waals surface area contributed by atoms with Crippen molar-refractivity contribution in [1.29, 1.82) is 0 Å². The molecule has 4 aromatic rings. The van der Waals surface area contributed by atoms with Gasteiger partial charge in [-0.2, -0.15) is 0 Å². The number of methoxy groups -OCH3 is 1. The molecule has 0 bridgehead atoms. The van der Waals surface area contributed by atoms with Gasteiger partial charge in [0.2, 0.25) is 0 Å². The summed E-state index contributed by atoms with van der Waals surface area (Å²) >= 11 is 0.